The molecule has 0 radical (unpaired) electrons. The summed E-state index contributed by atoms with van der Waals surface area (Å²) < 4.78 is 0. The first-order chi connectivity index (χ1) is 7.15. The molecule has 0 aromatic carbocycles. The molecule has 1 heterocycles. The molecule has 0 spiro atoms. The number of likely N-dealkylation sites (N-methyl/N-ethyl adjacent to an activating group) is 1. The summed E-state index contributed by atoms with van der Waals surface area (Å²) in [6.45, 7) is 9.35. The van der Waals surface area contributed by atoms with Gasteiger partial charge in [0.15, 0.2) is 0 Å². The van der Waals surface area contributed by atoms with E-state index in [4.69, 9.17) is 0 Å². The fourth-order valence-corrected chi connectivity index (χ4v) is 2.11. The molecule has 0 aromatic heterocycles. The van der Waals surface area contributed by atoms with Gasteiger partial charge in [-0.1, -0.05) is 13.8 Å². The van der Waals surface area contributed by atoms with Gasteiger partial charge in [0.2, 0.25) is 5.91 Å². The Morgan fingerprint density at radius 2 is 2.27 bits per heavy atom. The van der Waals surface area contributed by atoms with E-state index >= 15 is 0 Å². The molecular weight excluding hydrogens is 188 g/mol. The van der Waals surface area contributed by atoms with Crippen LogP contribution in [-0.4, -0.2) is 36.5 Å². The monoisotopic (exact) mass is 212 g/mol. The second-order valence-electron chi connectivity index (χ2n) is 4.77. The Morgan fingerprint density at radius 1 is 1.53 bits per heavy atom. The van der Waals surface area contributed by atoms with E-state index in [1.54, 1.807) is 0 Å². The Kier molecular flexibility index (Phi) is 5.09. The number of nitrogens with zero attached hydrogens (tertiary/aromatic N) is 1. The zero-order valence-corrected chi connectivity index (χ0v) is 10.3. The van der Waals surface area contributed by atoms with Gasteiger partial charge in [-0.25, -0.2) is 0 Å². The summed E-state index contributed by atoms with van der Waals surface area (Å²) in [5.74, 6) is 0.944. The van der Waals surface area contributed by atoms with Crippen LogP contribution in [0.25, 0.3) is 0 Å². The van der Waals surface area contributed by atoms with Crippen molar-refractivity contribution in [1.82, 2.24) is 10.2 Å². The molecule has 0 aromatic rings. The predicted molar refractivity (Wildman–Crippen MR) is 62.7 cm³/mol. The number of nitrogens with one attached hydrogen (secondary N) is 1. The average molecular weight is 212 g/mol. The first-order valence-electron chi connectivity index (χ1n) is 6.17. The van der Waals surface area contributed by atoms with E-state index in [2.05, 4.69) is 24.1 Å². The average Bonchev–Trinajstić information content (AvgIpc) is 2.62. The summed E-state index contributed by atoms with van der Waals surface area (Å²) in [4.78, 5) is 14.1. The number of carbonyl (C=O) groups is 1. The lowest BCUT2D eigenvalue weighted by molar-refractivity contribution is -0.125. The fourth-order valence-electron chi connectivity index (χ4n) is 2.11. The summed E-state index contributed by atoms with van der Waals surface area (Å²) in [6, 6.07) is 0.142. The summed E-state index contributed by atoms with van der Waals surface area (Å²) in [5.41, 5.74) is 0. The van der Waals surface area contributed by atoms with Gasteiger partial charge in [-0.15, -0.1) is 0 Å². The molecule has 1 fully saturated rings. The molecular formula is C12H24N2O. The van der Waals surface area contributed by atoms with Crippen LogP contribution in [0.15, 0.2) is 0 Å². The molecule has 1 aliphatic rings. The van der Waals surface area contributed by atoms with E-state index in [9.17, 15) is 4.79 Å². The first kappa shape index (κ1) is 12.5. The van der Waals surface area contributed by atoms with Gasteiger partial charge in [0.25, 0.3) is 0 Å². The van der Waals surface area contributed by atoms with Crippen LogP contribution in [0.2, 0.25) is 0 Å². The Bertz CT molecular complexity index is 204. The summed E-state index contributed by atoms with van der Waals surface area (Å²) in [5, 5.41) is 2.92. The van der Waals surface area contributed by atoms with Crippen LogP contribution in [0.1, 0.15) is 40.0 Å². The Balaban J connectivity index is 2.38. The quantitative estimate of drug-likeness (QED) is 0.751. The SMILES string of the molecule is CCNC(=O)[C@@H]1CCCN1CCC(C)C. The van der Waals surface area contributed by atoms with Gasteiger partial charge in [-0.2, -0.15) is 0 Å². The lowest BCUT2D eigenvalue weighted by atomic mass is 10.1. The normalized spacial score (nSPS) is 22.3. The molecule has 0 unspecified atom stereocenters. The standard InChI is InChI=1S/C12H24N2O/c1-4-13-12(15)11-6-5-8-14(11)9-7-10(2)3/h10-11H,4-9H2,1-3H3,(H,13,15)/t11-/m0/s1. The summed E-state index contributed by atoms with van der Waals surface area (Å²) >= 11 is 0. The van der Waals surface area contributed by atoms with Crippen molar-refractivity contribution in [1.29, 1.82) is 0 Å². The van der Waals surface area contributed by atoms with E-state index in [1.165, 1.54) is 12.8 Å². The van der Waals surface area contributed by atoms with Gasteiger partial charge in [-0.3, -0.25) is 9.69 Å². The smallest absolute Gasteiger partial charge is 0.237 e. The largest absolute Gasteiger partial charge is 0.355 e. The van der Waals surface area contributed by atoms with Crippen molar-refractivity contribution in [2.75, 3.05) is 19.6 Å². The second-order valence-corrected chi connectivity index (χ2v) is 4.77. The van der Waals surface area contributed by atoms with Crippen molar-refractivity contribution in [2.45, 2.75) is 46.1 Å². The van der Waals surface area contributed by atoms with Gasteiger partial charge >= 0.3 is 0 Å². The fraction of sp³-hybridized carbons (Fsp3) is 0.917. The molecule has 88 valence electrons. The summed E-state index contributed by atoms with van der Waals surface area (Å²) in [7, 11) is 0. The molecule has 1 amide bonds. The molecule has 1 saturated heterocycles. The van der Waals surface area contributed by atoms with Gasteiger partial charge < -0.3 is 5.32 Å². The molecule has 0 aliphatic carbocycles. The molecule has 1 atom stereocenters. The topological polar surface area (TPSA) is 32.3 Å². The minimum absolute atomic E-state index is 0.142. The minimum atomic E-state index is 0.142. The van der Waals surface area contributed by atoms with Gasteiger partial charge in [0, 0.05) is 6.54 Å². The lowest BCUT2D eigenvalue weighted by Gasteiger charge is -2.24. The second kappa shape index (κ2) is 6.11. The maximum absolute atomic E-state index is 11.7. The highest BCUT2D eigenvalue weighted by Crippen LogP contribution is 2.18. The van der Waals surface area contributed by atoms with Crippen LogP contribution >= 0.6 is 0 Å². The number of rotatable bonds is 5. The van der Waals surface area contributed by atoms with Crippen molar-refractivity contribution in [3.63, 3.8) is 0 Å². The molecule has 1 N–H and O–H groups in total. The third-order valence-electron chi connectivity index (χ3n) is 3.01. The maximum atomic E-state index is 11.7. The van der Waals surface area contributed by atoms with Crippen LogP contribution in [0.4, 0.5) is 0 Å². The first-order valence-corrected chi connectivity index (χ1v) is 6.17. The van der Waals surface area contributed by atoms with Crippen molar-refractivity contribution in [3.05, 3.63) is 0 Å². The number of carbonyl (C=O) groups excluding carboxylic acids is 1. The number of hydrogen-bond acceptors (Lipinski definition) is 2. The Hall–Kier alpha value is -0.570. The highest BCUT2D eigenvalue weighted by molar-refractivity contribution is 5.81. The Morgan fingerprint density at radius 3 is 2.87 bits per heavy atom. The van der Waals surface area contributed by atoms with Gasteiger partial charge in [0.1, 0.15) is 0 Å². The van der Waals surface area contributed by atoms with Crippen LogP contribution in [0, 0.1) is 5.92 Å². The van der Waals surface area contributed by atoms with Crippen LogP contribution in [0.3, 0.4) is 0 Å². The number of likely N-dealkylation sites (tertiary alicyclic amines) is 1. The maximum Gasteiger partial charge on any atom is 0.237 e. The van der Waals surface area contributed by atoms with Crippen LogP contribution < -0.4 is 5.32 Å². The molecule has 1 aliphatic heterocycles. The molecule has 3 nitrogen and oxygen atoms in total. The van der Waals surface area contributed by atoms with Crippen LogP contribution in [-0.2, 0) is 4.79 Å². The van der Waals surface area contributed by atoms with Crippen molar-refractivity contribution >= 4 is 5.91 Å². The van der Waals surface area contributed by atoms with Crippen molar-refractivity contribution in [2.24, 2.45) is 5.92 Å². The van der Waals surface area contributed by atoms with Crippen molar-refractivity contribution in [3.8, 4) is 0 Å². The summed E-state index contributed by atoms with van der Waals surface area (Å²) in [6.07, 6.45) is 3.39. The zero-order chi connectivity index (χ0) is 11.3. The van der Waals surface area contributed by atoms with E-state index in [1.807, 2.05) is 6.92 Å². The van der Waals surface area contributed by atoms with E-state index in [-0.39, 0.29) is 11.9 Å². The zero-order valence-electron chi connectivity index (χ0n) is 10.3. The number of hydrogen-bond donors (Lipinski definition) is 1. The van der Waals surface area contributed by atoms with E-state index in [0.29, 0.717) is 0 Å². The minimum Gasteiger partial charge on any atom is -0.355 e. The predicted octanol–water partition coefficient (Wildman–Crippen LogP) is 1.63. The van der Waals surface area contributed by atoms with Crippen molar-refractivity contribution < 1.29 is 4.79 Å². The molecule has 0 saturated carbocycles. The van der Waals surface area contributed by atoms with Gasteiger partial charge in [-0.05, 0) is 45.2 Å². The highest BCUT2D eigenvalue weighted by atomic mass is 16.2. The van der Waals surface area contributed by atoms with Gasteiger partial charge in [0.05, 0.1) is 6.04 Å². The third kappa shape index (κ3) is 3.82. The molecule has 1 rings (SSSR count). The third-order valence-corrected chi connectivity index (χ3v) is 3.01. The lowest BCUT2D eigenvalue weighted by Crippen LogP contribution is -2.43. The molecule has 0 bridgehead atoms. The van der Waals surface area contributed by atoms with E-state index in [0.717, 1.165) is 32.0 Å². The molecule has 15 heavy (non-hydrogen) atoms. The Labute approximate surface area is 93.2 Å². The highest BCUT2D eigenvalue weighted by Gasteiger charge is 2.29. The van der Waals surface area contributed by atoms with E-state index < -0.39 is 0 Å². The number of amides is 1. The molecule has 3 heteroatoms. The van der Waals surface area contributed by atoms with Crippen LogP contribution in [0.5, 0.6) is 0 Å².